The van der Waals surface area contributed by atoms with Gasteiger partial charge in [0.25, 0.3) is 5.56 Å². The van der Waals surface area contributed by atoms with E-state index in [-0.39, 0.29) is 54.4 Å². The number of ketones is 1. The van der Waals surface area contributed by atoms with E-state index in [1.54, 1.807) is 43.9 Å². The number of phenols is 1. The summed E-state index contributed by atoms with van der Waals surface area (Å²) in [6.45, 7) is 8.33. The third-order valence-corrected chi connectivity index (χ3v) is 8.26. The lowest BCUT2D eigenvalue weighted by Crippen LogP contribution is -2.53. The van der Waals surface area contributed by atoms with Gasteiger partial charge in [-0.25, -0.2) is 18.4 Å². The van der Waals surface area contributed by atoms with Crippen LogP contribution in [0, 0.1) is 30.0 Å². The summed E-state index contributed by atoms with van der Waals surface area (Å²) in [6, 6.07) is 7.09. The minimum atomic E-state index is -1.48. The van der Waals surface area contributed by atoms with Gasteiger partial charge in [0.15, 0.2) is 5.78 Å². The van der Waals surface area contributed by atoms with Crippen LogP contribution in [0.3, 0.4) is 0 Å². The van der Waals surface area contributed by atoms with Gasteiger partial charge >= 0.3 is 5.69 Å². The Bertz CT molecular complexity index is 1740. The maximum atomic E-state index is 14.3. The Hall–Kier alpha value is -4.08. The molecule has 4 rings (SSSR count). The molecule has 0 aliphatic rings. The van der Waals surface area contributed by atoms with Crippen LogP contribution < -0.4 is 11.2 Å². The summed E-state index contributed by atoms with van der Waals surface area (Å²) in [5.41, 5.74) is -2.18. The number of benzene rings is 1. The molecule has 0 amide bonds. The molecule has 216 valence electrons. The van der Waals surface area contributed by atoms with Crippen LogP contribution in [-0.2, 0) is 21.6 Å². The third-order valence-electron chi connectivity index (χ3n) is 6.95. The molecule has 1 aromatic carbocycles. The Morgan fingerprint density at radius 2 is 2.02 bits per heavy atom. The van der Waals surface area contributed by atoms with Crippen molar-refractivity contribution in [3.63, 3.8) is 0 Å². The number of aromatic hydroxyl groups is 1. The molecule has 0 saturated heterocycles. The van der Waals surface area contributed by atoms with Gasteiger partial charge in [0, 0.05) is 29.9 Å². The van der Waals surface area contributed by atoms with Gasteiger partial charge in [0.05, 0.1) is 31.0 Å². The first-order valence-electron chi connectivity index (χ1n) is 13.2. The summed E-state index contributed by atoms with van der Waals surface area (Å²) in [5, 5.41) is 24.7. The fraction of sp³-hybridized carbons (Fsp3) is 0.414. The van der Waals surface area contributed by atoms with Gasteiger partial charge in [-0.3, -0.25) is 14.2 Å². The van der Waals surface area contributed by atoms with Gasteiger partial charge in [-0.05, 0) is 51.0 Å². The lowest BCUT2D eigenvalue weighted by Gasteiger charge is -2.28. The van der Waals surface area contributed by atoms with Crippen molar-refractivity contribution in [1.29, 1.82) is 5.26 Å². The molecular weight excluding hydrogens is 549 g/mol. The average Bonchev–Trinajstić information content (AvgIpc) is 3.55. The van der Waals surface area contributed by atoms with Crippen LogP contribution in [0.15, 0.2) is 46.2 Å². The summed E-state index contributed by atoms with van der Waals surface area (Å²) >= 11 is 1.17. The van der Waals surface area contributed by atoms with Crippen molar-refractivity contribution in [2.24, 2.45) is 5.92 Å². The van der Waals surface area contributed by atoms with Gasteiger partial charge in [0.1, 0.15) is 33.0 Å². The van der Waals surface area contributed by atoms with E-state index in [9.17, 15) is 23.9 Å². The number of aromatic nitrogens is 4. The molecule has 0 bridgehead atoms. The van der Waals surface area contributed by atoms with E-state index >= 15 is 0 Å². The van der Waals surface area contributed by atoms with E-state index in [0.717, 1.165) is 16.7 Å². The van der Waals surface area contributed by atoms with Gasteiger partial charge in [-0.2, -0.15) is 10.4 Å². The SMILES string of the molecule is Cc1c(-n2cccn2)sc2c1c(=O)n(C(C)(C)C(=O)CC(C)C)c(=O)n2C[C@H](OCCC#N)c1cc(F)ccc1O. The molecule has 3 heterocycles. The van der Waals surface area contributed by atoms with E-state index in [1.807, 2.05) is 19.9 Å². The number of nitrogens with zero attached hydrogens (tertiary/aromatic N) is 5. The molecule has 10 nitrogen and oxygen atoms in total. The molecule has 0 aliphatic carbocycles. The zero-order valence-corrected chi connectivity index (χ0v) is 24.4. The molecule has 0 unspecified atom stereocenters. The highest BCUT2D eigenvalue weighted by molar-refractivity contribution is 7.21. The van der Waals surface area contributed by atoms with Crippen LogP contribution >= 0.6 is 11.3 Å². The molecule has 4 aromatic rings. The standard InChI is InChI=1S/C29H32FN5O5S/c1-17(2)14-23(37)29(4,5)35-25(38)24-18(3)26(34-12-7-11-32-34)41-27(24)33(28(35)39)16-22(40-13-6-10-31)20-15-19(30)8-9-21(20)36/h7-9,11-12,15,17,22,36H,6,13-14,16H2,1-5H3/t22-/m0/s1. The van der Waals surface area contributed by atoms with Gasteiger partial charge in [0.2, 0.25) is 0 Å². The fourth-order valence-corrected chi connectivity index (χ4v) is 6.02. The number of phenolic OH excluding ortho intramolecular Hbond substituents is 1. The average molecular weight is 582 g/mol. The molecule has 3 aromatic heterocycles. The maximum absolute atomic E-state index is 14.3. The van der Waals surface area contributed by atoms with Crippen molar-refractivity contribution >= 4 is 27.3 Å². The quantitative estimate of drug-likeness (QED) is 0.256. The van der Waals surface area contributed by atoms with Crippen molar-refractivity contribution in [2.75, 3.05) is 6.61 Å². The summed E-state index contributed by atoms with van der Waals surface area (Å²) in [4.78, 5) is 41.9. The van der Waals surface area contributed by atoms with Gasteiger partial charge in [-0.1, -0.05) is 25.2 Å². The number of Topliss-reactive ketones (excluding diaryl/α,β-unsaturated/α-hetero) is 1. The van der Waals surface area contributed by atoms with Gasteiger partial charge < -0.3 is 9.84 Å². The molecule has 1 atom stereocenters. The second-order valence-electron chi connectivity index (χ2n) is 10.7. The van der Waals surface area contributed by atoms with Crippen LogP contribution in [0.25, 0.3) is 15.2 Å². The van der Waals surface area contributed by atoms with Crippen LogP contribution in [0.1, 0.15) is 57.8 Å². The Kier molecular flexibility index (Phi) is 8.60. The minimum absolute atomic E-state index is 0.00611. The van der Waals surface area contributed by atoms with Crippen LogP contribution in [0.5, 0.6) is 5.75 Å². The molecule has 1 N–H and O–H groups in total. The van der Waals surface area contributed by atoms with Crippen molar-refractivity contribution in [3.8, 4) is 16.8 Å². The Morgan fingerprint density at radius 1 is 1.29 bits per heavy atom. The fourth-order valence-electron chi connectivity index (χ4n) is 4.78. The number of ether oxygens (including phenoxy) is 1. The van der Waals surface area contributed by atoms with Gasteiger partial charge in [-0.15, -0.1) is 0 Å². The van der Waals surface area contributed by atoms with Crippen molar-refractivity contribution in [3.05, 3.63) is 74.4 Å². The van der Waals surface area contributed by atoms with Crippen LogP contribution in [0.2, 0.25) is 0 Å². The maximum Gasteiger partial charge on any atom is 0.333 e. The molecule has 0 radical (unpaired) electrons. The predicted molar refractivity (Wildman–Crippen MR) is 153 cm³/mol. The van der Waals surface area contributed by atoms with E-state index in [4.69, 9.17) is 10.00 Å². The minimum Gasteiger partial charge on any atom is -0.508 e. The molecule has 0 spiro atoms. The smallest absolute Gasteiger partial charge is 0.333 e. The lowest BCUT2D eigenvalue weighted by atomic mass is 9.91. The van der Waals surface area contributed by atoms with E-state index in [2.05, 4.69) is 5.10 Å². The number of carbonyl (C=O) groups is 1. The number of halogens is 1. The molecule has 12 heteroatoms. The Morgan fingerprint density at radius 3 is 2.66 bits per heavy atom. The van der Waals surface area contributed by atoms with Crippen molar-refractivity contribution in [2.45, 2.75) is 65.6 Å². The largest absolute Gasteiger partial charge is 0.508 e. The molecule has 0 aliphatic heterocycles. The zero-order chi connectivity index (χ0) is 30.1. The number of rotatable bonds is 11. The Labute approximate surface area is 239 Å². The van der Waals surface area contributed by atoms with Crippen LogP contribution in [-0.4, -0.2) is 36.4 Å². The summed E-state index contributed by atoms with van der Waals surface area (Å²) in [6.07, 6.45) is 2.43. The summed E-state index contributed by atoms with van der Waals surface area (Å²) < 4.78 is 24.1. The first-order chi connectivity index (χ1) is 19.4. The highest BCUT2D eigenvalue weighted by Crippen LogP contribution is 2.34. The zero-order valence-electron chi connectivity index (χ0n) is 23.5. The first kappa shape index (κ1) is 29.9. The van der Waals surface area contributed by atoms with E-state index < -0.39 is 28.7 Å². The number of aryl methyl sites for hydroxylation is 1. The highest BCUT2D eigenvalue weighted by atomic mass is 32.1. The summed E-state index contributed by atoms with van der Waals surface area (Å²) in [5.74, 6) is -1.14. The van der Waals surface area contributed by atoms with E-state index in [0.29, 0.717) is 15.4 Å². The monoisotopic (exact) mass is 581 g/mol. The molecule has 41 heavy (non-hydrogen) atoms. The van der Waals surface area contributed by atoms with Crippen molar-refractivity contribution in [1.82, 2.24) is 18.9 Å². The molecule has 0 fully saturated rings. The molecule has 0 saturated carbocycles. The summed E-state index contributed by atoms with van der Waals surface area (Å²) in [7, 11) is 0. The Balaban J connectivity index is 2.02. The second-order valence-corrected chi connectivity index (χ2v) is 11.7. The predicted octanol–water partition coefficient (Wildman–Crippen LogP) is 4.59. The number of hydrogen-bond donors (Lipinski definition) is 1. The number of carbonyl (C=O) groups excluding carboxylic acids is 1. The number of fused-ring (bicyclic) bond motifs is 1. The third kappa shape index (κ3) is 5.73. The number of nitriles is 1. The second kappa shape index (κ2) is 11.8. The first-order valence-corrected chi connectivity index (χ1v) is 14.0. The number of hydrogen-bond acceptors (Lipinski definition) is 8. The topological polar surface area (TPSA) is 132 Å². The number of thiophene rings is 1. The lowest BCUT2D eigenvalue weighted by molar-refractivity contribution is -0.127. The van der Waals surface area contributed by atoms with Crippen LogP contribution in [0.4, 0.5) is 4.39 Å². The van der Waals surface area contributed by atoms with Crippen molar-refractivity contribution < 1.29 is 19.0 Å². The highest BCUT2D eigenvalue weighted by Gasteiger charge is 2.36. The molecular formula is C29H32FN5O5S. The normalized spacial score (nSPS) is 12.6. The van der Waals surface area contributed by atoms with E-state index in [1.165, 1.54) is 22.0 Å².